The normalized spacial score (nSPS) is 19.2. The monoisotopic (exact) mass is 415 g/mol. The fourth-order valence-electron chi connectivity index (χ4n) is 3.83. The number of aromatic nitrogens is 2. The van der Waals surface area contributed by atoms with Crippen molar-refractivity contribution in [3.05, 3.63) is 41.9 Å². The van der Waals surface area contributed by atoms with Crippen molar-refractivity contribution in [3.63, 3.8) is 0 Å². The van der Waals surface area contributed by atoms with Gasteiger partial charge in [0.1, 0.15) is 5.76 Å². The number of aryl methyl sites for hydroxylation is 2. The lowest BCUT2D eigenvalue weighted by molar-refractivity contribution is -0.139. The molecular weight excluding hydrogens is 394 g/mol. The molecule has 2 aromatic heterocycles. The number of pyridine rings is 1. The Labute approximate surface area is 168 Å². The SMILES string of the molecule is Cc1noc(C)c1-c1cc(S(O)(O)N=C2CCCC2C(=O)O)c2cccnc2c1. The molecule has 1 aliphatic rings. The van der Waals surface area contributed by atoms with Gasteiger partial charge in [-0.1, -0.05) is 15.9 Å². The Hall–Kier alpha value is -2.75. The molecule has 1 atom stereocenters. The Bertz CT molecular complexity index is 1120. The van der Waals surface area contributed by atoms with Crippen LogP contribution in [0.15, 0.2) is 44.3 Å². The van der Waals surface area contributed by atoms with Crippen molar-refractivity contribution in [2.75, 3.05) is 0 Å². The van der Waals surface area contributed by atoms with E-state index in [-0.39, 0.29) is 4.90 Å². The Morgan fingerprint density at radius 2 is 2.10 bits per heavy atom. The van der Waals surface area contributed by atoms with E-state index in [9.17, 15) is 19.0 Å². The number of aliphatic carboxylic acids is 1. The lowest BCUT2D eigenvalue weighted by atomic mass is 10.0. The van der Waals surface area contributed by atoms with Gasteiger partial charge in [-0.3, -0.25) is 18.9 Å². The van der Waals surface area contributed by atoms with E-state index < -0.39 is 22.7 Å². The zero-order valence-corrected chi connectivity index (χ0v) is 16.8. The summed E-state index contributed by atoms with van der Waals surface area (Å²) in [7, 11) is -3.64. The van der Waals surface area contributed by atoms with E-state index in [1.54, 1.807) is 31.3 Å². The quantitative estimate of drug-likeness (QED) is 0.555. The van der Waals surface area contributed by atoms with Crippen LogP contribution in [-0.4, -0.2) is 36.0 Å². The third-order valence-corrected chi connectivity index (χ3v) is 6.59. The van der Waals surface area contributed by atoms with Gasteiger partial charge in [0.25, 0.3) is 0 Å². The molecule has 3 N–H and O–H groups in total. The molecule has 29 heavy (non-hydrogen) atoms. The summed E-state index contributed by atoms with van der Waals surface area (Å²) in [4.78, 5) is 16.0. The fraction of sp³-hybridized carbons (Fsp3) is 0.300. The predicted octanol–water partition coefficient (Wildman–Crippen LogP) is 4.86. The van der Waals surface area contributed by atoms with Crippen LogP contribution in [0.1, 0.15) is 30.7 Å². The first-order valence-corrected chi connectivity index (χ1v) is 10.7. The van der Waals surface area contributed by atoms with Crippen LogP contribution in [-0.2, 0) is 4.79 Å². The predicted molar refractivity (Wildman–Crippen MR) is 110 cm³/mol. The zero-order chi connectivity index (χ0) is 20.8. The maximum atomic E-state index is 11.5. The summed E-state index contributed by atoms with van der Waals surface area (Å²) in [5.74, 6) is -1.17. The van der Waals surface area contributed by atoms with E-state index in [1.165, 1.54) is 0 Å². The van der Waals surface area contributed by atoms with Crippen LogP contribution in [0.4, 0.5) is 0 Å². The number of hydrogen-bond donors (Lipinski definition) is 3. The number of hydrogen-bond acceptors (Lipinski definition) is 7. The molecule has 1 aliphatic carbocycles. The Morgan fingerprint density at radius 3 is 2.79 bits per heavy atom. The molecule has 1 unspecified atom stereocenters. The highest BCUT2D eigenvalue weighted by molar-refractivity contribution is 8.23. The molecule has 0 radical (unpaired) electrons. The third-order valence-electron chi connectivity index (χ3n) is 5.17. The van der Waals surface area contributed by atoms with Crippen LogP contribution in [0.5, 0.6) is 0 Å². The van der Waals surface area contributed by atoms with Crippen LogP contribution in [0.2, 0.25) is 0 Å². The van der Waals surface area contributed by atoms with Crippen LogP contribution in [0.3, 0.4) is 0 Å². The molecular formula is C20H21N3O5S. The van der Waals surface area contributed by atoms with Crippen molar-refractivity contribution in [1.29, 1.82) is 0 Å². The van der Waals surface area contributed by atoms with Crippen LogP contribution in [0.25, 0.3) is 22.0 Å². The average Bonchev–Trinajstić information content (AvgIpc) is 3.26. The van der Waals surface area contributed by atoms with Crippen molar-refractivity contribution < 1.29 is 23.5 Å². The van der Waals surface area contributed by atoms with Gasteiger partial charge in [-0.25, -0.2) is 0 Å². The Balaban J connectivity index is 1.91. The molecule has 2 heterocycles. The van der Waals surface area contributed by atoms with Crippen molar-refractivity contribution in [3.8, 4) is 11.1 Å². The number of carbonyl (C=O) groups is 1. The highest BCUT2D eigenvalue weighted by Gasteiger charge is 2.32. The third kappa shape index (κ3) is 3.52. The summed E-state index contributed by atoms with van der Waals surface area (Å²) in [6.07, 6.45) is 3.17. The highest BCUT2D eigenvalue weighted by atomic mass is 32.3. The van der Waals surface area contributed by atoms with Gasteiger partial charge in [-0.2, -0.15) is 4.40 Å². The van der Waals surface area contributed by atoms with Crippen molar-refractivity contribution in [2.45, 2.75) is 38.0 Å². The van der Waals surface area contributed by atoms with E-state index in [2.05, 4.69) is 14.5 Å². The fourth-order valence-corrected chi connectivity index (χ4v) is 5.23. The second-order valence-electron chi connectivity index (χ2n) is 7.13. The number of rotatable bonds is 4. The van der Waals surface area contributed by atoms with Gasteiger partial charge >= 0.3 is 5.97 Å². The lowest BCUT2D eigenvalue weighted by Gasteiger charge is -2.30. The number of fused-ring (bicyclic) bond motifs is 1. The molecule has 0 saturated heterocycles. The van der Waals surface area contributed by atoms with Gasteiger partial charge in [0.05, 0.1) is 27.7 Å². The summed E-state index contributed by atoms with van der Waals surface area (Å²) < 4.78 is 31.4. The molecule has 1 aromatic carbocycles. The van der Waals surface area contributed by atoms with Crippen molar-refractivity contribution >= 4 is 33.4 Å². The van der Waals surface area contributed by atoms with Gasteiger partial charge in [-0.05, 0) is 62.9 Å². The molecule has 0 bridgehead atoms. The maximum Gasteiger partial charge on any atom is 0.312 e. The maximum absolute atomic E-state index is 11.5. The van der Waals surface area contributed by atoms with Crippen LogP contribution < -0.4 is 0 Å². The first-order chi connectivity index (χ1) is 13.8. The van der Waals surface area contributed by atoms with E-state index >= 15 is 0 Å². The summed E-state index contributed by atoms with van der Waals surface area (Å²) in [5.41, 5.74) is 3.00. The number of nitrogens with zero attached hydrogens (tertiary/aromatic N) is 3. The summed E-state index contributed by atoms with van der Waals surface area (Å²) >= 11 is 0. The Morgan fingerprint density at radius 1 is 1.31 bits per heavy atom. The van der Waals surface area contributed by atoms with E-state index in [0.717, 1.165) is 5.56 Å². The largest absolute Gasteiger partial charge is 0.481 e. The van der Waals surface area contributed by atoms with Gasteiger partial charge in [0.2, 0.25) is 0 Å². The minimum absolute atomic E-state index is 0.210. The molecule has 152 valence electrons. The van der Waals surface area contributed by atoms with Gasteiger partial charge in [-0.15, -0.1) is 0 Å². The molecule has 9 heteroatoms. The second-order valence-corrected chi connectivity index (χ2v) is 8.79. The Kier molecular flexibility index (Phi) is 4.89. The lowest BCUT2D eigenvalue weighted by Crippen LogP contribution is -2.18. The summed E-state index contributed by atoms with van der Waals surface area (Å²) in [6, 6.07) is 6.94. The topological polar surface area (TPSA) is 129 Å². The first kappa shape index (κ1) is 19.6. The summed E-state index contributed by atoms with van der Waals surface area (Å²) in [5, 5.41) is 13.9. The van der Waals surface area contributed by atoms with Crippen molar-refractivity contribution in [2.24, 2.45) is 10.3 Å². The molecule has 8 nitrogen and oxygen atoms in total. The molecule has 0 spiro atoms. The number of carboxylic acids is 1. The molecule has 4 rings (SSSR count). The second kappa shape index (κ2) is 7.25. The summed E-state index contributed by atoms with van der Waals surface area (Å²) in [6.45, 7) is 3.59. The van der Waals surface area contributed by atoms with Gasteiger partial charge < -0.3 is 9.63 Å². The highest BCUT2D eigenvalue weighted by Crippen LogP contribution is 2.54. The number of carboxylic acid groups (broad SMARTS) is 1. The van der Waals surface area contributed by atoms with E-state index in [4.69, 9.17) is 4.52 Å². The molecule has 1 fully saturated rings. The van der Waals surface area contributed by atoms with Crippen LogP contribution >= 0.6 is 10.8 Å². The van der Waals surface area contributed by atoms with E-state index in [0.29, 0.717) is 52.9 Å². The first-order valence-electron chi connectivity index (χ1n) is 9.19. The van der Waals surface area contributed by atoms with Crippen LogP contribution in [0, 0.1) is 19.8 Å². The minimum Gasteiger partial charge on any atom is -0.481 e. The standard InChI is InChI=1S/C20H21N3O5S/c1-11-19(12(2)28-22-11)13-9-17-14(6-4-8-21-17)18(10-13)29(26,27)23-16-7-3-5-15(16)20(24)25/h4,6,8-10,15,26-27H,3,5,7H2,1-2H3,(H,24,25). The molecule has 3 aromatic rings. The van der Waals surface area contributed by atoms with Crippen molar-refractivity contribution in [1.82, 2.24) is 10.1 Å². The molecule has 1 saturated carbocycles. The zero-order valence-electron chi connectivity index (χ0n) is 16.0. The minimum atomic E-state index is -3.64. The smallest absolute Gasteiger partial charge is 0.312 e. The van der Waals surface area contributed by atoms with E-state index in [1.807, 2.05) is 13.0 Å². The molecule has 0 amide bonds. The van der Waals surface area contributed by atoms with Gasteiger partial charge in [0, 0.05) is 17.1 Å². The number of benzene rings is 1. The average molecular weight is 415 g/mol. The molecule has 0 aliphatic heterocycles. The van der Waals surface area contributed by atoms with Gasteiger partial charge in [0.15, 0.2) is 0 Å².